The van der Waals surface area contributed by atoms with Crippen LogP contribution in [-0.4, -0.2) is 27.2 Å². The van der Waals surface area contributed by atoms with Crippen LogP contribution in [0.2, 0.25) is 0 Å². The minimum atomic E-state index is -0.338. The van der Waals surface area contributed by atoms with E-state index in [1.54, 1.807) is 7.11 Å². The van der Waals surface area contributed by atoms with Gasteiger partial charge in [0, 0.05) is 0 Å². The average Bonchev–Trinajstić information content (AvgIpc) is 2.46. The molecule has 104 valence electrons. The fourth-order valence-corrected chi connectivity index (χ4v) is 2.91. The maximum absolute atomic E-state index is 11.7. The monoisotopic (exact) mass is 263 g/mol. The summed E-state index contributed by atoms with van der Waals surface area (Å²) in [7, 11) is 4.99. The molecule has 0 saturated heterocycles. The molecule has 0 saturated carbocycles. The number of methoxy groups -OCH3 is 2. The van der Waals surface area contributed by atoms with Crippen molar-refractivity contribution in [3.63, 3.8) is 0 Å². The number of fused-ring (bicyclic) bond motifs is 1. The van der Waals surface area contributed by atoms with Crippen molar-refractivity contribution in [1.82, 2.24) is 5.32 Å². The zero-order valence-corrected chi connectivity index (χ0v) is 11.8. The van der Waals surface area contributed by atoms with Crippen molar-refractivity contribution in [2.24, 2.45) is 0 Å². The molecule has 0 fully saturated rings. The first-order valence-corrected chi connectivity index (χ1v) is 6.58. The van der Waals surface area contributed by atoms with E-state index < -0.39 is 0 Å². The lowest BCUT2D eigenvalue weighted by molar-refractivity contribution is -0.142. The van der Waals surface area contributed by atoms with Gasteiger partial charge in [0.05, 0.1) is 26.2 Å². The van der Waals surface area contributed by atoms with Gasteiger partial charge in [0.25, 0.3) is 0 Å². The summed E-state index contributed by atoms with van der Waals surface area (Å²) in [5.74, 6) is 0.634. The molecule has 1 atom stereocenters. The van der Waals surface area contributed by atoms with E-state index in [1.165, 1.54) is 12.7 Å². The SMILES string of the molecule is CNC1(CC(=O)OC)CCCc2ccc(OC)cc21. The highest BCUT2D eigenvalue weighted by molar-refractivity contribution is 5.71. The maximum Gasteiger partial charge on any atom is 0.307 e. The van der Waals surface area contributed by atoms with Crippen LogP contribution in [0.5, 0.6) is 5.75 Å². The summed E-state index contributed by atoms with van der Waals surface area (Å²) in [5.41, 5.74) is 2.10. The van der Waals surface area contributed by atoms with Crippen molar-refractivity contribution in [2.75, 3.05) is 21.3 Å². The van der Waals surface area contributed by atoms with Crippen molar-refractivity contribution >= 4 is 5.97 Å². The third-order valence-corrected chi connectivity index (χ3v) is 4.03. The maximum atomic E-state index is 11.7. The molecule has 0 amide bonds. The van der Waals surface area contributed by atoms with Gasteiger partial charge in [0.15, 0.2) is 0 Å². The Morgan fingerprint density at radius 1 is 1.42 bits per heavy atom. The van der Waals surface area contributed by atoms with Gasteiger partial charge in [-0.2, -0.15) is 0 Å². The first-order chi connectivity index (χ1) is 9.15. The van der Waals surface area contributed by atoms with Gasteiger partial charge in [-0.1, -0.05) is 6.07 Å². The summed E-state index contributed by atoms with van der Waals surface area (Å²) in [6.07, 6.45) is 3.39. The Bertz CT molecular complexity index is 472. The van der Waals surface area contributed by atoms with Gasteiger partial charge < -0.3 is 14.8 Å². The lowest BCUT2D eigenvalue weighted by Gasteiger charge is -2.38. The zero-order valence-electron chi connectivity index (χ0n) is 11.8. The quantitative estimate of drug-likeness (QED) is 0.844. The van der Waals surface area contributed by atoms with E-state index >= 15 is 0 Å². The molecule has 1 unspecified atom stereocenters. The summed E-state index contributed by atoms with van der Waals surface area (Å²) in [6, 6.07) is 6.10. The fourth-order valence-electron chi connectivity index (χ4n) is 2.91. The van der Waals surface area contributed by atoms with Crippen LogP contribution in [-0.2, 0) is 21.5 Å². The van der Waals surface area contributed by atoms with Crippen molar-refractivity contribution in [1.29, 1.82) is 0 Å². The fraction of sp³-hybridized carbons (Fsp3) is 0.533. The van der Waals surface area contributed by atoms with Gasteiger partial charge in [0.2, 0.25) is 0 Å². The molecule has 0 bridgehead atoms. The molecule has 0 aliphatic heterocycles. The standard InChI is InChI=1S/C15H21NO3/c1-16-15(10-14(17)19-3)8-4-5-11-6-7-12(18-2)9-13(11)15/h6-7,9,16H,4-5,8,10H2,1-3H3. The molecule has 2 rings (SSSR count). The lowest BCUT2D eigenvalue weighted by atomic mass is 9.74. The predicted molar refractivity (Wildman–Crippen MR) is 73.3 cm³/mol. The summed E-state index contributed by atoms with van der Waals surface area (Å²) in [5, 5.41) is 3.33. The van der Waals surface area contributed by atoms with Crippen molar-refractivity contribution in [2.45, 2.75) is 31.2 Å². The van der Waals surface area contributed by atoms with Gasteiger partial charge in [-0.15, -0.1) is 0 Å². The Kier molecular flexibility index (Phi) is 4.10. The summed E-state index contributed by atoms with van der Waals surface area (Å²) < 4.78 is 10.1. The molecule has 19 heavy (non-hydrogen) atoms. The minimum absolute atomic E-state index is 0.190. The second-order valence-corrected chi connectivity index (χ2v) is 4.96. The van der Waals surface area contributed by atoms with Gasteiger partial charge in [0.1, 0.15) is 5.75 Å². The van der Waals surface area contributed by atoms with Crippen LogP contribution in [0.15, 0.2) is 18.2 Å². The number of hydrogen-bond acceptors (Lipinski definition) is 4. The first kappa shape index (κ1) is 13.9. The largest absolute Gasteiger partial charge is 0.497 e. The highest BCUT2D eigenvalue weighted by atomic mass is 16.5. The van der Waals surface area contributed by atoms with Gasteiger partial charge in [-0.3, -0.25) is 4.79 Å². The highest BCUT2D eigenvalue weighted by Gasteiger charge is 2.37. The van der Waals surface area contributed by atoms with Crippen LogP contribution in [0, 0.1) is 0 Å². The first-order valence-electron chi connectivity index (χ1n) is 6.58. The second-order valence-electron chi connectivity index (χ2n) is 4.96. The van der Waals surface area contributed by atoms with E-state index in [4.69, 9.17) is 9.47 Å². The molecular formula is C15H21NO3. The molecule has 1 aliphatic carbocycles. The zero-order chi connectivity index (χ0) is 13.9. The van der Waals surface area contributed by atoms with Crippen LogP contribution in [0.4, 0.5) is 0 Å². The number of nitrogens with one attached hydrogen (secondary N) is 1. The molecule has 4 heteroatoms. The van der Waals surface area contributed by atoms with E-state index in [0.717, 1.165) is 30.6 Å². The van der Waals surface area contributed by atoms with Crippen LogP contribution >= 0.6 is 0 Å². The minimum Gasteiger partial charge on any atom is -0.497 e. The van der Waals surface area contributed by atoms with Crippen molar-refractivity contribution in [3.8, 4) is 5.75 Å². The third kappa shape index (κ3) is 2.59. The molecule has 0 aromatic heterocycles. The number of carbonyl (C=O) groups is 1. The molecule has 1 aliphatic rings. The Hall–Kier alpha value is -1.55. The molecule has 1 aromatic carbocycles. The normalized spacial score (nSPS) is 21.6. The number of aryl methyl sites for hydroxylation is 1. The molecule has 0 spiro atoms. The molecule has 1 N–H and O–H groups in total. The Morgan fingerprint density at radius 3 is 2.84 bits per heavy atom. The van der Waals surface area contributed by atoms with E-state index in [1.807, 2.05) is 19.2 Å². The van der Waals surface area contributed by atoms with Crippen LogP contribution in [0.3, 0.4) is 0 Å². The number of hydrogen-bond donors (Lipinski definition) is 1. The van der Waals surface area contributed by atoms with E-state index in [0.29, 0.717) is 6.42 Å². The third-order valence-electron chi connectivity index (χ3n) is 4.03. The van der Waals surface area contributed by atoms with E-state index in [9.17, 15) is 4.79 Å². The molecule has 1 aromatic rings. The number of ether oxygens (including phenoxy) is 2. The smallest absolute Gasteiger partial charge is 0.307 e. The van der Waals surface area contributed by atoms with Crippen molar-refractivity contribution < 1.29 is 14.3 Å². The molecule has 0 radical (unpaired) electrons. The number of carbonyl (C=O) groups excluding carboxylic acids is 1. The Morgan fingerprint density at radius 2 is 2.21 bits per heavy atom. The molecular weight excluding hydrogens is 242 g/mol. The summed E-state index contributed by atoms with van der Waals surface area (Å²) in [6.45, 7) is 0. The summed E-state index contributed by atoms with van der Waals surface area (Å²) in [4.78, 5) is 11.7. The van der Waals surface area contributed by atoms with Gasteiger partial charge in [-0.05, 0) is 49.6 Å². The molecule has 4 nitrogen and oxygen atoms in total. The van der Waals surface area contributed by atoms with E-state index in [2.05, 4.69) is 11.4 Å². The molecule has 0 heterocycles. The van der Waals surface area contributed by atoms with Crippen molar-refractivity contribution in [3.05, 3.63) is 29.3 Å². The second kappa shape index (κ2) is 5.61. The van der Waals surface area contributed by atoms with Crippen LogP contribution in [0.1, 0.15) is 30.4 Å². The Labute approximate surface area is 114 Å². The van der Waals surface area contributed by atoms with Crippen LogP contribution < -0.4 is 10.1 Å². The highest BCUT2D eigenvalue weighted by Crippen LogP contribution is 2.39. The number of benzene rings is 1. The summed E-state index contributed by atoms with van der Waals surface area (Å²) >= 11 is 0. The van der Waals surface area contributed by atoms with Gasteiger partial charge in [-0.25, -0.2) is 0 Å². The predicted octanol–water partition coefficient (Wildman–Crippen LogP) is 2.01. The topological polar surface area (TPSA) is 47.6 Å². The lowest BCUT2D eigenvalue weighted by Crippen LogP contribution is -2.44. The van der Waals surface area contributed by atoms with Gasteiger partial charge >= 0.3 is 5.97 Å². The van der Waals surface area contributed by atoms with Crippen LogP contribution in [0.25, 0.3) is 0 Å². The average molecular weight is 263 g/mol. The van der Waals surface area contributed by atoms with E-state index in [-0.39, 0.29) is 11.5 Å². The number of rotatable bonds is 4. The number of esters is 1. The Balaban J connectivity index is 2.44.